The van der Waals surface area contributed by atoms with Crippen LogP contribution >= 0.6 is 0 Å². The summed E-state index contributed by atoms with van der Waals surface area (Å²) in [6, 6.07) is 14.7. The molecule has 0 spiro atoms. The van der Waals surface area contributed by atoms with Gasteiger partial charge >= 0.3 is 11.9 Å². The zero-order chi connectivity index (χ0) is 17.2. The maximum absolute atomic E-state index is 12.0. The van der Waals surface area contributed by atoms with Gasteiger partial charge in [-0.05, 0) is 48.2 Å². The highest BCUT2D eigenvalue weighted by Crippen LogP contribution is 2.50. The van der Waals surface area contributed by atoms with Crippen molar-refractivity contribution < 1.29 is 23.8 Å². The third kappa shape index (κ3) is 3.42. The lowest BCUT2D eigenvalue weighted by atomic mass is 10.0. The molecule has 6 rings (SSSR count). The summed E-state index contributed by atoms with van der Waals surface area (Å²) in [6.07, 6.45) is 1.24. The molecule has 0 aromatic heterocycles. The molecule has 0 radical (unpaired) electrons. The van der Waals surface area contributed by atoms with Gasteiger partial charge in [0.15, 0.2) is 0 Å². The number of esters is 2. The normalized spacial score (nSPS) is 23.2. The highest BCUT2D eigenvalue weighted by molar-refractivity contribution is 5.90. The number of carbonyl (C=O) groups is 2. The van der Waals surface area contributed by atoms with Crippen molar-refractivity contribution in [3.05, 3.63) is 70.8 Å². The van der Waals surface area contributed by atoms with Crippen LogP contribution in [0.4, 0.5) is 0 Å². The first-order valence-electron chi connectivity index (χ1n) is 8.42. The molecule has 25 heavy (non-hydrogen) atoms. The summed E-state index contributed by atoms with van der Waals surface area (Å²) < 4.78 is 16.2. The molecule has 2 aromatic carbocycles. The Morgan fingerprint density at radius 2 is 1.04 bits per heavy atom. The number of hydrogen-bond donors (Lipinski definition) is 0. The van der Waals surface area contributed by atoms with Crippen LogP contribution in [0, 0.1) is 0 Å². The van der Waals surface area contributed by atoms with E-state index in [1.807, 2.05) is 24.3 Å². The molecule has 4 heterocycles. The van der Waals surface area contributed by atoms with Crippen molar-refractivity contribution in [3.63, 3.8) is 0 Å². The maximum atomic E-state index is 12.0. The lowest BCUT2D eigenvalue weighted by Gasteiger charge is -2.08. The number of epoxide rings is 1. The molecule has 2 unspecified atom stereocenters. The van der Waals surface area contributed by atoms with Gasteiger partial charge in [-0.1, -0.05) is 24.3 Å². The maximum Gasteiger partial charge on any atom is 0.338 e. The summed E-state index contributed by atoms with van der Waals surface area (Å²) in [4.78, 5) is 24.0. The van der Waals surface area contributed by atoms with E-state index < -0.39 is 0 Å². The molecule has 2 aromatic rings. The van der Waals surface area contributed by atoms with Crippen molar-refractivity contribution in [2.45, 2.75) is 25.0 Å². The molecule has 4 bridgehead atoms. The van der Waals surface area contributed by atoms with Crippen LogP contribution in [0.5, 0.6) is 0 Å². The van der Waals surface area contributed by atoms with Gasteiger partial charge in [-0.25, -0.2) is 9.59 Å². The van der Waals surface area contributed by atoms with Crippen molar-refractivity contribution in [3.8, 4) is 0 Å². The van der Waals surface area contributed by atoms with Crippen LogP contribution in [0.3, 0.4) is 0 Å². The van der Waals surface area contributed by atoms with E-state index >= 15 is 0 Å². The van der Waals surface area contributed by atoms with Crippen LogP contribution in [0.2, 0.25) is 0 Å². The first-order valence-corrected chi connectivity index (χ1v) is 8.42. The van der Waals surface area contributed by atoms with Crippen molar-refractivity contribution >= 4 is 11.9 Å². The minimum Gasteiger partial charge on any atom is -0.462 e. The van der Waals surface area contributed by atoms with E-state index in [0.29, 0.717) is 37.2 Å². The van der Waals surface area contributed by atoms with Gasteiger partial charge in [0.1, 0.15) is 12.2 Å². The minimum absolute atomic E-state index is 0.0262. The Hall–Kier alpha value is -2.66. The predicted octanol–water partition coefficient (Wildman–Crippen LogP) is 3.61. The molecule has 2 atom stereocenters. The van der Waals surface area contributed by atoms with Crippen LogP contribution in [-0.4, -0.2) is 25.2 Å². The number of carbonyl (C=O) groups excluding carboxylic acids is 2. The number of fused-ring (bicyclic) bond motifs is 2. The van der Waals surface area contributed by atoms with Gasteiger partial charge in [0, 0.05) is 0 Å². The van der Waals surface area contributed by atoms with Crippen LogP contribution in [-0.2, 0) is 14.2 Å². The second-order valence-corrected chi connectivity index (χ2v) is 6.20. The Labute approximate surface area is 145 Å². The van der Waals surface area contributed by atoms with E-state index in [4.69, 9.17) is 14.2 Å². The highest BCUT2D eigenvalue weighted by atomic mass is 16.6. The fraction of sp³-hybridized carbons (Fsp3) is 0.300. The first kappa shape index (κ1) is 15.8. The van der Waals surface area contributed by atoms with E-state index in [1.165, 1.54) is 0 Å². The molecule has 0 amide bonds. The number of ether oxygens (including phenoxy) is 3. The van der Waals surface area contributed by atoms with Crippen molar-refractivity contribution in [1.82, 2.24) is 0 Å². The fourth-order valence-electron chi connectivity index (χ4n) is 2.94. The zero-order valence-electron chi connectivity index (χ0n) is 13.6. The molecule has 4 aliphatic heterocycles. The molecule has 1 fully saturated rings. The third-order valence-electron chi connectivity index (χ3n) is 4.45. The van der Waals surface area contributed by atoms with Gasteiger partial charge < -0.3 is 14.2 Å². The lowest BCUT2D eigenvalue weighted by molar-refractivity contribution is 0.0432. The van der Waals surface area contributed by atoms with Gasteiger partial charge in [-0.2, -0.15) is 0 Å². The van der Waals surface area contributed by atoms with E-state index in [1.54, 1.807) is 24.3 Å². The second-order valence-electron chi connectivity index (χ2n) is 6.20. The Morgan fingerprint density at radius 3 is 1.44 bits per heavy atom. The number of hydrogen-bond acceptors (Lipinski definition) is 5. The topological polar surface area (TPSA) is 65.1 Å². The quantitative estimate of drug-likeness (QED) is 0.542. The lowest BCUT2D eigenvalue weighted by Crippen LogP contribution is -2.09. The Morgan fingerprint density at radius 1 is 0.640 bits per heavy atom. The number of rotatable bonds is 0. The van der Waals surface area contributed by atoms with Gasteiger partial charge in [0.25, 0.3) is 0 Å². The van der Waals surface area contributed by atoms with Crippen LogP contribution in [0.25, 0.3) is 0 Å². The van der Waals surface area contributed by atoms with E-state index in [0.717, 1.165) is 11.1 Å². The van der Waals surface area contributed by atoms with Crippen molar-refractivity contribution in [2.75, 3.05) is 13.2 Å². The van der Waals surface area contributed by atoms with Gasteiger partial charge in [0.2, 0.25) is 0 Å². The van der Waals surface area contributed by atoms with E-state index in [2.05, 4.69) is 0 Å². The molecule has 0 N–H and O–H groups in total. The molecule has 0 aliphatic carbocycles. The van der Waals surface area contributed by atoms with Gasteiger partial charge in [-0.15, -0.1) is 0 Å². The standard InChI is InChI=1S/C20H18O5/c21-19-15-7-3-13(4-8-15)17-18(25-17)14-5-9-16(10-6-14)20(22)24-12-2-1-11-23-19/h3-10,17-18H,1-2,11-12H2. The van der Waals surface area contributed by atoms with E-state index in [9.17, 15) is 9.59 Å². The summed E-state index contributed by atoms with van der Waals surface area (Å²) in [7, 11) is 0. The summed E-state index contributed by atoms with van der Waals surface area (Å²) in [5.41, 5.74) is 3.09. The average molecular weight is 338 g/mol. The van der Waals surface area contributed by atoms with Crippen LogP contribution in [0.1, 0.15) is 56.9 Å². The van der Waals surface area contributed by atoms with Crippen molar-refractivity contribution in [1.29, 1.82) is 0 Å². The van der Waals surface area contributed by atoms with Crippen LogP contribution in [0.15, 0.2) is 48.5 Å². The molecule has 5 heteroatoms. The fourth-order valence-corrected chi connectivity index (χ4v) is 2.94. The largest absolute Gasteiger partial charge is 0.462 e. The molecular weight excluding hydrogens is 320 g/mol. The Kier molecular flexibility index (Phi) is 4.24. The summed E-state index contributed by atoms with van der Waals surface area (Å²) in [6.45, 7) is 0.612. The highest BCUT2D eigenvalue weighted by Gasteiger charge is 2.41. The molecule has 128 valence electrons. The molecule has 5 nitrogen and oxygen atoms in total. The zero-order valence-corrected chi connectivity index (χ0v) is 13.6. The number of benzene rings is 2. The molecule has 0 saturated carbocycles. The van der Waals surface area contributed by atoms with E-state index in [-0.39, 0.29) is 24.1 Å². The monoisotopic (exact) mass is 338 g/mol. The van der Waals surface area contributed by atoms with Gasteiger partial charge in [-0.3, -0.25) is 0 Å². The predicted molar refractivity (Wildman–Crippen MR) is 89.3 cm³/mol. The molecule has 4 aliphatic rings. The second kappa shape index (κ2) is 6.69. The van der Waals surface area contributed by atoms with Gasteiger partial charge in [0.05, 0.1) is 24.3 Å². The minimum atomic E-state index is -0.340. The Balaban J connectivity index is 1.58. The first-order chi connectivity index (χ1) is 12.2. The SMILES string of the molecule is O=C1OCCCCOC(=O)c2ccc(cc2)C2OC2c2ccc1cc2. The summed E-state index contributed by atoms with van der Waals surface area (Å²) in [5, 5.41) is 0. The third-order valence-corrected chi connectivity index (χ3v) is 4.45. The smallest absolute Gasteiger partial charge is 0.338 e. The summed E-state index contributed by atoms with van der Waals surface area (Å²) >= 11 is 0. The molecular formula is C20H18O5. The summed E-state index contributed by atoms with van der Waals surface area (Å²) in [5.74, 6) is -0.680. The average Bonchev–Trinajstić information content (AvgIpc) is 3.44. The molecule has 1 saturated heterocycles. The Bertz CT molecular complexity index is 711. The van der Waals surface area contributed by atoms with Crippen LogP contribution < -0.4 is 0 Å². The van der Waals surface area contributed by atoms with Crippen molar-refractivity contribution in [2.24, 2.45) is 0 Å².